The van der Waals surface area contributed by atoms with E-state index in [4.69, 9.17) is 4.65 Å². The maximum absolute atomic E-state index is 12.6. The molecular weight excluding hydrogens is 411 g/mol. The number of carboxylic acids is 1. The number of fused-ring (bicyclic) bond motifs is 1. The largest absolute Gasteiger partial charge is 0.535 e. The van der Waals surface area contributed by atoms with Crippen LogP contribution in [-0.2, 0) is 16.0 Å². The van der Waals surface area contributed by atoms with E-state index >= 15 is 0 Å². The lowest BCUT2D eigenvalue weighted by atomic mass is 9.64. The summed E-state index contributed by atoms with van der Waals surface area (Å²) in [6.07, 6.45) is 3.88. The molecule has 3 rings (SSSR count). The Balaban J connectivity index is 1.47. The number of nitrogens with one attached hydrogen (secondary N) is 1. The Kier molecular flexibility index (Phi) is 8.31. The Morgan fingerprint density at radius 3 is 2.78 bits per heavy atom. The van der Waals surface area contributed by atoms with E-state index in [1.807, 2.05) is 0 Å². The molecule has 1 aromatic carbocycles. The highest BCUT2D eigenvalue weighted by Gasteiger charge is 2.38. The molecule has 0 spiro atoms. The number of hydrogen-bond donors (Lipinski definition) is 3. The minimum absolute atomic E-state index is 0.00221. The third-order valence-electron chi connectivity index (χ3n) is 6.22. The van der Waals surface area contributed by atoms with Crippen molar-refractivity contribution in [3.63, 3.8) is 0 Å². The van der Waals surface area contributed by atoms with Crippen molar-refractivity contribution >= 4 is 24.8 Å². The average molecular weight is 444 g/mol. The number of benzene rings is 1. The van der Waals surface area contributed by atoms with Gasteiger partial charge >= 0.3 is 13.1 Å². The summed E-state index contributed by atoms with van der Waals surface area (Å²) < 4.78 is 5.46. The number of piperidine rings is 1. The van der Waals surface area contributed by atoms with E-state index < -0.39 is 18.9 Å². The van der Waals surface area contributed by atoms with Crippen molar-refractivity contribution in [2.75, 3.05) is 19.6 Å². The second kappa shape index (κ2) is 11.0. The topological polar surface area (TPSA) is 116 Å². The first-order valence-corrected chi connectivity index (χ1v) is 11.5. The van der Waals surface area contributed by atoms with Gasteiger partial charge in [-0.1, -0.05) is 26.0 Å². The van der Waals surface area contributed by atoms with Crippen molar-refractivity contribution in [1.82, 2.24) is 10.2 Å². The Morgan fingerprint density at radius 1 is 1.31 bits per heavy atom. The molecule has 2 heterocycles. The number of carboxylic acid groups (broad SMARTS) is 1. The number of carbonyl (C=O) groups is 3. The number of nitrogens with zero attached hydrogens (tertiary/aromatic N) is 1. The molecule has 0 radical (unpaired) electrons. The third-order valence-corrected chi connectivity index (χ3v) is 6.22. The predicted octanol–water partition coefficient (Wildman–Crippen LogP) is 2.15. The summed E-state index contributed by atoms with van der Waals surface area (Å²) in [6, 6.07) is 4.96. The minimum Gasteiger partial charge on any atom is -0.535 e. The quantitative estimate of drug-likeness (QED) is 0.374. The number of para-hydroxylation sites is 1. The van der Waals surface area contributed by atoms with E-state index in [1.54, 1.807) is 17.0 Å². The van der Waals surface area contributed by atoms with Gasteiger partial charge in [0, 0.05) is 31.2 Å². The predicted molar refractivity (Wildman–Crippen MR) is 121 cm³/mol. The number of hydrogen-bond acceptors (Lipinski definition) is 6. The molecule has 1 aromatic rings. The first-order chi connectivity index (χ1) is 15.2. The molecule has 3 N–H and O–H groups in total. The Labute approximate surface area is 189 Å². The van der Waals surface area contributed by atoms with Gasteiger partial charge in [0.1, 0.15) is 5.75 Å². The van der Waals surface area contributed by atoms with Crippen LogP contribution >= 0.6 is 0 Å². The highest BCUT2D eigenvalue weighted by molar-refractivity contribution is 6.47. The van der Waals surface area contributed by atoms with E-state index in [-0.39, 0.29) is 42.0 Å². The molecule has 1 amide bonds. The molecule has 9 heteroatoms. The monoisotopic (exact) mass is 444 g/mol. The van der Waals surface area contributed by atoms with Gasteiger partial charge in [0.25, 0.3) is 0 Å². The maximum atomic E-state index is 12.6. The number of rotatable bonds is 10. The van der Waals surface area contributed by atoms with E-state index in [1.165, 1.54) is 6.07 Å². The second-order valence-electron chi connectivity index (χ2n) is 9.31. The van der Waals surface area contributed by atoms with Crippen LogP contribution in [-0.4, -0.2) is 65.5 Å². The van der Waals surface area contributed by atoms with Crippen molar-refractivity contribution in [3.8, 4) is 5.75 Å². The molecule has 0 aliphatic carbocycles. The normalized spacial score (nSPS) is 20.8. The molecule has 1 fully saturated rings. The molecule has 0 aromatic heterocycles. The first kappa shape index (κ1) is 24.3. The van der Waals surface area contributed by atoms with Gasteiger partial charge in [-0.15, -0.1) is 0 Å². The molecule has 1 unspecified atom stereocenters. The fraction of sp³-hybridized carbons (Fsp3) is 0.609. The Morgan fingerprint density at radius 2 is 2.09 bits per heavy atom. The lowest BCUT2D eigenvalue weighted by Gasteiger charge is -2.32. The van der Waals surface area contributed by atoms with Crippen molar-refractivity contribution in [1.29, 1.82) is 0 Å². The number of ketones is 1. The zero-order valence-electron chi connectivity index (χ0n) is 18.9. The van der Waals surface area contributed by atoms with E-state index in [9.17, 15) is 24.5 Å². The van der Waals surface area contributed by atoms with Gasteiger partial charge in [0.15, 0.2) is 5.78 Å². The first-order valence-electron chi connectivity index (χ1n) is 11.5. The van der Waals surface area contributed by atoms with Crippen molar-refractivity contribution in [2.24, 2.45) is 5.92 Å². The van der Waals surface area contributed by atoms with Crippen LogP contribution in [0.1, 0.15) is 61.9 Å². The van der Waals surface area contributed by atoms with E-state index in [0.717, 1.165) is 25.8 Å². The summed E-state index contributed by atoms with van der Waals surface area (Å²) in [5.74, 6) is -0.925. The molecule has 174 valence electrons. The molecule has 32 heavy (non-hydrogen) atoms. The lowest BCUT2D eigenvalue weighted by Crippen LogP contribution is -2.48. The van der Waals surface area contributed by atoms with Crippen LogP contribution in [0.5, 0.6) is 5.75 Å². The van der Waals surface area contributed by atoms with Crippen molar-refractivity contribution < 1.29 is 29.2 Å². The number of amides is 1. The smallest absolute Gasteiger partial charge is 0.526 e. The highest BCUT2D eigenvalue weighted by atomic mass is 16.5. The van der Waals surface area contributed by atoms with Gasteiger partial charge in [-0.05, 0) is 49.8 Å². The fourth-order valence-corrected chi connectivity index (χ4v) is 4.43. The Bertz CT molecular complexity index is 846. The molecule has 0 saturated carbocycles. The second-order valence-corrected chi connectivity index (χ2v) is 9.31. The van der Waals surface area contributed by atoms with Gasteiger partial charge in [-0.25, -0.2) is 4.79 Å². The SMILES string of the molecule is CC(C)CCCNC1CCN(CC(=O)C[C@H]2Cc3cccc(C(=O)O)c3OB2O)C(=O)C1. The molecule has 2 aliphatic heterocycles. The van der Waals surface area contributed by atoms with Crippen molar-refractivity contribution in [3.05, 3.63) is 29.3 Å². The summed E-state index contributed by atoms with van der Waals surface area (Å²) in [5, 5.41) is 23.1. The van der Waals surface area contributed by atoms with Crippen LogP contribution in [0.15, 0.2) is 18.2 Å². The highest BCUT2D eigenvalue weighted by Crippen LogP contribution is 2.36. The van der Waals surface area contributed by atoms with Crippen molar-refractivity contribution in [2.45, 2.75) is 64.2 Å². The third kappa shape index (κ3) is 6.32. The summed E-state index contributed by atoms with van der Waals surface area (Å²) in [7, 11) is -1.26. The summed E-state index contributed by atoms with van der Waals surface area (Å²) in [4.78, 5) is 38.1. The molecule has 2 aliphatic rings. The van der Waals surface area contributed by atoms with Crippen LogP contribution in [0.2, 0.25) is 5.82 Å². The number of aromatic carboxylic acids is 1. The van der Waals surface area contributed by atoms with Gasteiger partial charge in [0.05, 0.1) is 12.1 Å². The van der Waals surface area contributed by atoms with Crippen LogP contribution in [0.25, 0.3) is 0 Å². The van der Waals surface area contributed by atoms with Gasteiger partial charge in [-0.2, -0.15) is 0 Å². The minimum atomic E-state index is -1.26. The molecule has 1 saturated heterocycles. The van der Waals surface area contributed by atoms with E-state index in [2.05, 4.69) is 19.2 Å². The van der Waals surface area contributed by atoms with Crippen LogP contribution in [0.4, 0.5) is 0 Å². The molecule has 2 atom stereocenters. The van der Waals surface area contributed by atoms with Crippen LogP contribution < -0.4 is 9.97 Å². The standard InChI is InChI=1S/C23H33BN2O6/c1-15(2)5-4-9-25-18-8-10-26(21(28)13-18)14-19(27)12-17-11-16-6-3-7-20(23(29)30)22(16)32-24(17)31/h3,6-7,15,17-18,25,31H,4-5,8-14H2,1-2H3,(H,29,30)/t17-,18?/m1/s1. The summed E-state index contributed by atoms with van der Waals surface area (Å²) in [5.41, 5.74) is 0.658. The molecular formula is C23H33BN2O6. The average Bonchev–Trinajstić information content (AvgIpc) is 2.73. The van der Waals surface area contributed by atoms with Crippen LogP contribution in [0, 0.1) is 5.92 Å². The van der Waals surface area contributed by atoms with Gasteiger partial charge in [-0.3, -0.25) is 9.59 Å². The number of Topliss-reactive ketones (excluding diaryl/α,β-unsaturated/α-hetero) is 1. The zero-order valence-corrected chi connectivity index (χ0v) is 18.9. The fourth-order valence-electron chi connectivity index (χ4n) is 4.43. The number of likely N-dealkylation sites (tertiary alicyclic amines) is 1. The zero-order chi connectivity index (χ0) is 23.3. The lowest BCUT2D eigenvalue weighted by molar-refractivity contribution is -0.138. The molecule has 0 bridgehead atoms. The van der Waals surface area contributed by atoms with E-state index in [0.29, 0.717) is 30.9 Å². The van der Waals surface area contributed by atoms with Gasteiger partial charge < -0.3 is 25.0 Å². The number of carbonyl (C=O) groups excluding carboxylic acids is 2. The molecule has 8 nitrogen and oxygen atoms in total. The van der Waals surface area contributed by atoms with Gasteiger partial charge in [0.2, 0.25) is 5.91 Å². The maximum Gasteiger partial charge on any atom is 0.526 e. The Hall–Kier alpha value is -2.39. The van der Waals surface area contributed by atoms with Crippen LogP contribution in [0.3, 0.4) is 0 Å². The summed E-state index contributed by atoms with van der Waals surface area (Å²) >= 11 is 0. The summed E-state index contributed by atoms with van der Waals surface area (Å²) in [6.45, 7) is 5.87.